The molecule has 1 N–H and O–H groups in total. The van der Waals surface area contributed by atoms with Crippen LogP contribution in [0.15, 0.2) is 18.2 Å². The molecule has 1 aromatic heterocycles. The summed E-state index contributed by atoms with van der Waals surface area (Å²) in [6.45, 7) is 0. The molecule has 0 aliphatic heterocycles. The largest absolute Gasteiger partial charge is 0.490 e. The third kappa shape index (κ3) is 1.47. The molecule has 0 spiro atoms. The molecular weight excluding hydrogens is 291 g/mol. The molecular formula is C10H9IN2O. The summed E-state index contributed by atoms with van der Waals surface area (Å²) in [5.74, 6) is 0.958. The van der Waals surface area contributed by atoms with Crippen molar-refractivity contribution >= 4 is 33.5 Å². The fourth-order valence-corrected chi connectivity index (χ4v) is 1.96. The Morgan fingerprint density at radius 1 is 1.43 bits per heavy atom. The first-order valence-corrected chi connectivity index (χ1v) is 5.71. The minimum atomic E-state index is 0.456. The van der Waals surface area contributed by atoms with Gasteiger partial charge in [0.1, 0.15) is 9.45 Å². The molecule has 0 radical (unpaired) electrons. The fourth-order valence-electron chi connectivity index (χ4n) is 1.41. The first-order valence-electron chi connectivity index (χ1n) is 4.63. The smallest absolute Gasteiger partial charge is 0.120 e. The van der Waals surface area contributed by atoms with Crippen LogP contribution in [0.4, 0.5) is 0 Å². The summed E-state index contributed by atoms with van der Waals surface area (Å²) in [5, 5.41) is 8.26. The SMILES string of the molecule is Ic1[nH]nc2ccc(OC3CC3)cc12. The third-order valence-corrected chi connectivity index (χ3v) is 3.13. The highest BCUT2D eigenvalue weighted by molar-refractivity contribution is 14.1. The molecule has 0 amide bonds. The molecule has 3 nitrogen and oxygen atoms in total. The topological polar surface area (TPSA) is 37.9 Å². The Morgan fingerprint density at radius 2 is 2.29 bits per heavy atom. The standard InChI is InChI=1S/C10H9IN2O/c11-10-8-5-7(14-6-1-2-6)3-4-9(8)12-13-10/h3-6H,1-2H2,(H,12,13). The van der Waals surface area contributed by atoms with E-state index in [0.717, 1.165) is 20.4 Å². The Hall–Kier alpha value is -0.780. The molecule has 14 heavy (non-hydrogen) atoms. The second-order valence-corrected chi connectivity index (χ2v) is 4.61. The zero-order chi connectivity index (χ0) is 9.54. The van der Waals surface area contributed by atoms with Crippen molar-refractivity contribution < 1.29 is 4.74 Å². The Balaban J connectivity index is 2.03. The van der Waals surface area contributed by atoms with Crippen molar-refractivity contribution in [3.05, 3.63) is 21.9 Å². The highest BCUT2D eigenvalue weighted by atomic mass is 127. The average Bonchev–Trinajstić information content (AvgIpc) is 2.92. The number of nitrogens with one attached hydrogen (secondary N) is 1. The van der Waals surface area contributed by atoms with Gasteiger partial charge in [0.25, 0.3) is 0 Å². The van der Waals surface area contributed by atoms with Gasteiger partial charge in [-0.2, -0.15) is 5.10 Å². The molecule has 2 aromatic rings. The minimum absolute atomic E-state index is 0.456. The van der Waals surface area contributed by atoms with Crippen molar-refractivity contribution in [1.29, 1.82) is 0 Å². The van der Waals surface area contributed by atoms with Crippen molar-refractivity contribution in [3.63, 3.8) is 0 Å². The first-order chi connectivity index (χ1) is 6.83. The zero-order valence-electron chi connectivity index (χ0n) is 7.46. The summed E-state index contributed by atoms with van der Waals surface area (Å²) in [6.07, 6.45) is 2.85. The number of halogens is 1. The molecule has 1 aliphatic carbocycles. The van der Waals surface area contributed by atoms with Gasteiger partial charge in [-0.15, -0.1) is 0 Å². The van der Waals surface area contributed by atoms with Crippen molar-refractivity contribution in [2.45, 2.75) is 18.9 Å². The molecule has 3 rings (SSSR count). The predicted octanol–water partition coefficient (Wildman–Crippen LogP) is 2.71. The Labute approximate surface area is 95.0 Å². The van der Waals surface area contributed by atoms with Crippen LogP contribution < -0.4 is 4.74 Å². The van der Waals surface area contributed by atoms with Crippen LogP contribution in [-0.2, 0) is 0 Å². The Bertz CT molecular complexity index is 476. The number of fused-ring (bicyclic) bond motifs is 1. The highest BCUT2D eigenvalue weighted by Crippen LogP contribution is 2.29. The second kappa shape index (κ2) is 3.12. The van der Waals surface area contributed by atoms with Gasteiger partial charge < -0.3 is 4.74 Å². The maximum Gasteiger partial charge on any atom is 0.120 e. The summed E-state index contributed by atoms with van der Waals surface area (Å²) in [5.41, 5.74) is 0.998. The predicted molar refractivity (Wildman–Crippen MR) is 62.5 cm³/mol. The number of nitrogens with zero attached hydrogens (tertiary/aromatic N) is 1. The molecule has 0 unspecified atom stereocenters. The van der Waals surface area contributed by atoms with Crippen LogP contribution in [0.2, 0.25) is 0 Å². The average molecular weight is 300 g/mol. The van der Waals surface area contributed by atoms with Crippen LogP contribution in [0.3, 0.4) is 0 Å². The van der Waals surface area contributed by atoms with E-state index in [2.05, 4.69) is 38.9 Å². The van der Waals surface area contributed by atoms with E-state index in [1.54, 1.807) is 0 Å². The number of ether oxygens (including phenoxy) is 1. The number of benzene rings is 1. The maximum absolute atomic E-state index is 5.71. The molecule has 0 bridgehead atoms. The van der Waals surface area contributed by atoms with E-state index < -0.39 is 0 Å². The molecule has 4 heteroatoms. The van der Waals surface area contributed by atoms with Crippen LogP contribution in [0.5, 0.6) is 5.75 Å². The number of hydrogen-bond acceptors (Lipinski definition) is 2. The number of hydrogen-bond donors (Lipinski definition) is 1. The van der Waals surface area contributed by atoms with E-state index in [-0.39, 0.29) is 0 Å². The van der Waals surface area contributed by atoms with Gasteiger partial charge >= 0.3 is 0 Å². The second-order valence-electron chi connectivity index (χ2n) is 3.53. The maximum atomic E-state index is 5.71. The third-order valence-electron chi connectivity index (χ3n) is 2.31. The molecule has 1 heterocycles. The molecule has 1 aliphatic rings. The van der Waals surface area contributed by atoms with Gasteiger partial charge in [-0.3, -0.25) is 5.10 Å². The Morgan fingerprint density at radius 3 is 3.07 bits per heavy atom. The summed E-state index contributed by atoms with van der Waals surface area (Å²) >= 11 is 2.25. The van der Waals surface area contributed by atoms with E-state index in [4.69, 9.17) is 4.74 Å². The number of aromatic nitrogens is 2. The number of aromatic amines is 1. The number of H-pyrrole nitrogens is 1. The first kappa shape index (κ1) is 8.52. The lowest BCUT2D eigenvalue weighted by Gasteiger charge is -2.02. The highest BCUT2D eigenvalue weighted by Gasteiger charge is 2.23. The monoisotopic (exact) mass is 300 g/mol. The summed E-state index contributed by atoms with van der Waals surface area (Å²) in [4.78, 5) is 0. The Kier molecular flexibility index (Phi) is 1.90. The fraction of sp³-hybridized carbons (Fsp3) is 0.300. The quantitative estimate of drug-likeness (QED) is 0.866. The van der Waals surface area contributed by atoms with Gasteiger partial charge in [0.05, 0.1) is 11.6 Å². The van der Waals surface area contributed by atoms with Crippen molar-refractivity contribution in [2.75, 3.05) is 0 Å². The number of rotatable bonds is 2. The van der Waals surface area contributed by atoms with Crippen LogP contribution >= 0.6 is 22.6 Å². The van der Waals surface area contributed by atoms with Gasteiger partial charge in [-0.1, -0.05) is 0 Å². The van der Waals surface area contributed by atoms with Gasteiger partial charge in [0, 0.05) is 5.39 Å². The van der Waals surface area contributed by atoms with Gasteiger partial charge in [-0.05, 0) is 53.6 Å². The van der Waals surface area contributed by atoms with Gasteiger partial charge in [0.15, 0.2) is 0 Å². The van der Waals surface area contributed by atoms with E-state index >= 15 is 0 Å². The van der Waals surface area contributed by atoms with Crippen LogP contribution in [0.1, 0.15) is 12.8 Å². The van der Waals surface area contributed by atoms with Gasteiger partial charge in [-0.25, -0.2) is 0 Å². The van der Waals surface area contributed by atoms with Gasteiger partial charge in [0.2, 0.25) is 0 Å². The molecule has 72 valence electrons. The van der Waals surface area contributed by atoms with E-state index in [0.29, 0.717) is 6.10 Å². The zero-order valence-corrected chi connectivity index (χ0v) is 9.61. The molecule has 1 aromatic carbocycles. The van der Waals surface area contributed by atoms with Crippen LogP contribution in [0.25, 0.3) is 10.9 Å². The molecule has 1 saturated carbocycles. The summed E-state index contributed by atoms with van der Waals surface area (Å²) in [7, 11) is 0. The minimum Gasteiger partial charge on any atom is -0.490 e. The molecule has 0 saturated heterocycles. The van der Waals surface area contributed by atoms with E-state index in [9.17, 15) is 0 Å². The van der Waals surface area contributed by atoms with E-state index in [1.807, 2.05) is 12.1 Å². The van der Waals surface area contributed by atoms with Crippen molar-refractivity contribution in [3.8, 4) is 5.75 Å². The van der Waals surface area contributed by atoms with Crippen LogP contribution in [-0.4, -0.2) is 16.3 Å². The summed E-state index contributed by atoms with van der Waals surface area (Å²) in [6, 6.07) is 6.03. The molecule has 1 fully saturated rings. The van der Waals surface area contributed by atoms with Crippen LogP contribution in [0, 0.1) is 3.70 Å². The van der Waals surface area contributed by atoms with Crippen molar-refractivity contribution in [2.24, 2.45) is 0 Å². The summed E-state index contributed by atoms with van der Waals surface area (Å²) < 4.78 is 6.78. The lowest BCUT2D eigenvalue weighted by Crippen LogP contribution is -1.95. The normalized spacial score (nSPS) is 16.1. The lowest BCUT2D eigenvalue weighted by molar-refractivity contribution is 0.303. The van der Waals surface area contributed by atoms with Crippen molar-refractivity contribution in [1.82, 2.24) is 10.2 Å². The van der Waals surface area contributed by atoms with E-state index in [1.165, 1.54) is 12.8 Å². The molecule has 0 atom stereocenters. The lowest BCUT2D eigenvalue weighted by atomic mass is 10.2.